The number of aromatic amines is 1. The topological polar surface area (TPSA) is 58.9 Å². The van der Waals surface area contributed by atoms with E-state index in [4.69, 9.17) is 23.2 Å². The van der Waals surface area contributed by atoms with Gasteiger partial charge in [0.25, 0.3) is 0 Å². The molecule has 0 aliphatic carbocycles. The molecule has 0 fully saturated rings. The lowest BCUT2D eigenvalue weighted by Gasteiger charge is -2.15. The number of hydrogen-bond acceptors (Lipinski definition) is 2. The van der Waals surface area contributed by atoms with Crippen molar-refractivity contribution in [3.05, 3.63) is 79.9 Å². The number of nitrogens with zero attached hydrogens (tertiary/aromatic N) is 1. The minimum absolute atomic E-state index is 0.233. The third-order valence-electron chi connectivity index (χ3n) is 3.67. The molecule has 2 aromatic carbocycles. The van der Waals surface area contributed by atoms with Gasteiger partial charge in [0.15, 0.2) is 0 Å². The van der Waals surface area contributed by atoms with Gasteiger partial charge in [-0.3, -0.25) is 10.1 Å². The van der Waals surface area contributed by atoms with Crippen molar-refractivity contribution in [2.45, 2.75) is 5.92 Å². The van der Waals surface area contributed by atoms with Crippen molar-refractivity contribution in [2.24, 2.45) is 0 Å². The lowest BCUT2D eigenvalue weighted by Crippen LogP contribution is -2.14. The predicted octanol–water partition coefficient (Wildman–Crippen LogP) is 4.88. The smallest absolute Gasteiger partial charge is 0.214 e. The molecule has 112 valence electrons. The Morgan fingerprint density at radius 2 is 1.91 bits per heavy atom. The average molecular weight is 335 g/mol. The van der Waals surface area contributed by atoms with E-state index in [1.807, 2.05) is 30.5 Å². The first kappa shape index (κ1) is 14.9. The van der Waals surface area contributed by atoms with Crippen LogP contribution in [0.5, 0.6) is 0 Å². The van der Waals surface area contributed by atoms with Crippen LogP contribution in [-0.2, 0) is 0 Å². The van der Waals surface area contributed by atoms with Crippen LogP contribution in [-0.4, -0.2) is 16.5 Å². The highest BCUT2D eigenvalue weighted by atomic mass is 35.5. The van der Waals surface area contributed by atoms with Crippen molar-refractivity contribution < 1.29 is 4.92 Å². The molecular weight excluding hydrogens is 323 g/mol. The number of fused-ring (bicyclic) bond motifs is 1. The fraction of sp³-hybridized carbons (Fsp3) is 0.125. The van der Waals surface area contributed by atoms with Crippen molar-refractivity contribution >= 4 is 34.1 Å². The van der Waals surface area contributed by atoms with Gasteiger partial charge in [0.1, 0.15) is 0 Å². The van der Waals surface area contributed by atoms with E-state index in [1.165, 1.54) is 0 Å². The maximum atomic E-state index is 11.1. The summed E-state index contributed by atoms with van der Waals surface area (Å²) in [6.07, 6.45) is 1.81. The van der Waals surface area contributed by atoms with Gasteiger partial charge in [0.2, 0.25) is 6.54 Å². The number of benzene rings is 2. The molecule has 4 nitrogen and oxygen atoms in total. The van der Waals surface area contributed by atoms with E-state index in [-0.39, 0.29) is 11.5 Å². The summed E-state index contributed by atoms with van der Waals surface area (Å²) in [4.78, 5) is 13.9. The summed E-state index contributed by atoms with van der Waals surface area (Å²) in [5.41, 5.74) is 2.50. The Morgan fingerprint density at radius 1 is 1.14 bits per heavy atom. The molecule has 3 rings (SSSR count). The van der Waals surface area contributed by atoms with Gasteiger partial charge >= 0.3 is 0 Å². The molecule has 3 aromatic rings. The third kappa shape index (κ3) is 2.80. The molecule has 0 aliphatic heterocycles. The molecule has 1 aromatic heterocycles. The Bertz CT molecular complexity index is 845. The number of aromatic nitrogens is 1. The Balaban J connectivity index is 2.16. The zero-order valence-corrected chi connectivity index (χ0v) is 12.9. The highest BCUT2D eigenvalue weighted by Crippen LogP contribution is 2.35. The fourth-order valence-corrected chi connectivity index (χ4v) is 3.22. The van der Waals surface area contributed by atoms with E-state index in [0.29, 0.717) is 15.6 Å². The largest absolute Gasteiger partial charge is 0.361 e. The zero-order valence-electron chi connectivity index (χ0n) is 11.4. The van der Waals surface area contributed by atoms with Gasteiger partial charge in [-0.1, -0.05) is 47.5 Å². The molecule has 0 saturated heterocycles. The van der Waals surface area contributed by atoms with Gasteiger partial charge in [0.05, 0.1) is 5.92 Å². The van der Waals surface area contributed by atoms with Gasteiger partial charge in [-0.25, -0.2) is 0 Å². The number of rotatable bonds is 4. The summed E-state index contributed by atoms with van der Waals surface area (Å²) in [5.74, 6) is -0.434. The van der Waals surface area contributed by atoms with Crippen molar-refractivity contribution in [3.8, 4) is 0 Å². The van der Waals surface area contributed by atoms with Gasteiger partial charge in [-0.15, -0.1) is 0 Å². The lowest BCUT2D eigenvalue weighted by molar-refractivity contribution is -0.481. The Morgan fingerprint density at radius 3 is 2.64 bits per heavy atom. The monoisotopic (exact) mass is 334 g/mol. The summed E-state index contributed by atoms with van der Waals surface area (Å²) < 4.78 is 0. The van der Waals surface area contributed by atoms with Crippen LogP contribution in [0.1, 0.15) is 17.0 Å². The van der Waals surface area contributed by atoms with Crippen molar-refractivity contribution in [3.63, 3.8) is 0 Å². The molecule has 6 heteroatoms. The SMILES string of the molecule is O=[N+]([O-])CC(c1ccc(Cl)cc1Cl)c1c[nH]c2ccccc12. The number of nitro groups is 1. The van der Waals surface area contributed by atoms with Gasteiger partial charge < -0.3 is 4.98 Å². The molecule has 1 N–H and O–H groups in total. The lowest BCUT2D eigenvalue weighted by atomic mass is 9.91. The first-order valence-electron chi connectivity index (χ1n) is 6.69. The number of hydrogen-bond donors (Lipinski definition) is 1. The Labute approximate surface area is 136 Å². The van der Waals surface area contributed by atoms with E-state index in [2.05, 4.69) is 4.98 Å². The van der Waals surface area contributed by atoms with Crippen LogP contribution in [0.2, 0.25) is 10.0 Å². The van der Waals surface area contributed by atoms with Crippen molar-refractivity contribution in [1.29, 1.82) is 0 Å². The van der Waals surface area contributed by atoms with Gasteiger partial charge in [0, 0.05) is 32.1 Å². The molecule has 0 spiro atoms. The molecule has 0 radical (unpaired) electrons. The summed E-state index contributed by atoms with van der Waals surface area (Å²) >= 11 is 12.2. The fourth-order valence-electron chi connectivity index (χ4n) is 2.68. The normalized spacial score (nSPS) is 12.5. The van der Waals surface area contributed by atoms with Crippen LogP contribution >= 0.6 is 23.2 Å². The predicted molar refractivity (Wildman–Crippen MR) is 88.5 cm³/mol. The van der Waals surface area contributed by atoms with Crippen LogP contribution in [0.25, 0.3) is 10.9 Å². The number of halogens is 2. The molecular formula is C16H12Cl2N2O2. The molecule has 0 aliphatic rings. The van der Waals surface area contributed by atoms with Crippen LogP contribution in [0.4, 0.5) is 0 Å². The maximum absolute atomic E-state index is 11.1. The third-order valence-corrected chi connectivity index (χ3v) is 4.23. The molecule has 1 atom stereocenters. The summed E-state index contributed by atoms with van der Waals surface area (Å²) in [7, 11) is 0. The number of H-pyrrole nitrogens is 1. The second-order valence-electron chi connectivity index (χ2n) is 5.02. The first-order chi connectivity index (χ1) is 10.6. The van der Waals surface area contributed by atoms with Gasteiger partial charge in [-0.05, 0) is 29.3 Å². The quantitative estimate of drug-likeness (QED) is 0.545. The average Bonchev–Trinajstić information content (AvgIpc) is 2.89. The second-order valence-corrected chi connectivity index (χ2v) is 5.87. The minimum atomic E-state index is -0.434. The Kier molecular flexibility index (Phi) is 4.05. The molecule has 0 saturated carbocycles. The maximum Gasteiger partial charge on any atom is 0.214 e. The van der Waals surface area contributed by atoms with Crippen LogP contribution in [0.15, 0.2) is 48.7 Å². The van der Waals surface area contributed by atoms with Gasteiger partial charge in [-0.2, -0.15) is 0 Å². The second kappa shape index (κ2) is 5.99. The summed E-state index contributed by atoms with van der Waals surface area (Å²) in [6, 6.07) is 12.8. The number of para-hydroxylation sites is 1. The molecule has 22 heavy (non-hydrogen) atoms. The van der Waals surface area contributed by atoms with E-state index in [9.17, 15) is 10.1 Å². The summed E-state index contributed by atoms with van der Waals surface area (Å²) in [6.45, 7) is -0.233. The van der Waals surface area contributed by atoms with Crippen molar-refractivity contribution in [1.82, 2.24) is 4.98 Å². The number of nitrogens with one attached hydrogen (secondary N) is 1. The zero-order chi connectivity index (χ0) is 15.7. The van der Waals surface area contributed by atoms with E-state index in [1.54, 1.807) is 18.2 Å². The van der Waals surface area contributed by atoms with Crippen LogP contribution in [0, 0.1) is 10.1 Å². The Hall–Kier alpha value is -2.04. The standard InChI is InChI=1S/C16H12Cl2N2O2/c17-10-5-6-11(15(18)7-10)14(9-20(21)22)13-8-19-16-4-2-1-3-12(13)16/h1-8,14,19H,9H2. The highest BCUT2D eigenvalue weighted by Gasteiger charge is 2.25. The van der Waals surface area contributed by atoms with Crippen LogP contribution in [0.3, 0.4) is 0 Å². The molecule has 1 unspecified atom stereocenters. The van der Waals surface area contributed by atoms with Crippen LogP contribution < -0.4 is 0 Å². The van der Waals surface area contributed by atoms with E-state index >= 15 is 0 Å². The molecule has 0 bridgehead atoms. The van der Waals surface area contributed by atoms with E-state index < -0.39 is 5.92 Å². The van der Waals surface area contributed by atoms with Crippen molar-refractivity contribution in [2.75, 3.05) is 6.54 Å². The summed E-state index contributed by atoms with van der Waals surface area (Å²) in [5, 5.41) is 13.0. The first-order valence-corrected chi connectivity index (χ1v) is 7.44. The minimum Gasteiger partial charge on any atom is -0.361 e. The van der Waals surface area contributed by atoms with E-state index in [0.717, 1.165) is 16.5 Å². The molecule has 0 amide bonds. The molecule has 1 heterocycles. The highest BCUT2D eigenvalue weighted by molar-refractivity contribution is 6.35.